The summed E-state index contributed by atoms with van der Waals surface area (Å²) in [5.41, 5.74) is 1.37. The Morgan fingerprint density at radius 2 is 1.92 bits per heavy atom. The molecule has 0 aliphatic carbocycles. The van der Waals surface area contributed by atoms with Gasteiger partial charge in [0.2, 0.25) is 11.7 Å². The van der Waals surface area contributed by atoms with Gasteiger partial charge in [0.15, 0.2) is 5.75 Å². The molecule has 2 atom stereocenters. The molecule has 0 radical (unpaired) electrons. The van der Waals surface area contributed by atoms with Crippen LogP contribution in [0.4, 0.5) is 0 Å². The van der Waals surface area contributed by atoms with E-state index >= 15 is 0 Å². The second-order valence-corrected chi connectivity index (χ2v) is 9.95. The Hall–Kier alpha value is -3.75. The molecule has 0 bridgehead atoms. The standard InChI is InChI=1S/C27H32N6O3/c1-19(2)33-23(10-12-30-33)22-17-32(25(34)24-28-14-21(36-3)15-29-24)18-27(22)11-7-13-31(26(27)35)16-20-8-5-4-6-9-20/h4-6,8-10,12,14-15,19,22H,7,11,13,16-18H2,1-3H3/t22-,27-/m0/s1. The summed E-state index contributed by atoms with van der Waals surface area (Å²) in [5.74, 6) is 0.249. The largest absolute Gasteiger partial charge is 0.494 e. The minimum Gasteiger partial charge on any atom is -0.494 e. The highest BCUT2D eigenvalue weighted by Gasteiger charge is 2.57. The zero-order valence-electron chi connectivity index (χ0n) is 21.0. The second-order valence-electron chi connectivity index (χ2n) is 9.95. The summed E-state index contributed by atoms with van der Waals surface area (Å²) in [5, 5.41) is 4.55. The van der Waals surface area contributed by atoms with Crippen molar-refractivity contribution in [1.82, 2.24) is 29.5 Å². The van der Waals surface area contributed by atoms with Crippen molar-refractivity contribution in [3.63, 3.8) is 0 Å². The highest BCUT2D eigenvalue weighted by atomic mass is 16.5. The third-order valence-electron chi connectivity index (χ3n) is 7.41. The Labute approximate surface area is 211 Å². The van der Waals surface area contributed by atoms with Gasteiger partial charge in [0, 0.05) is 50.0 Å². The maximum atomic E-state index is 14.2. The number of carbonyl (C=O) groups excluding carboxylic acids is 2. The predicted octanol–water partition coefficient (Wildman–Crippen LogP) is 3.31. The Bertz CT molecular complexity index is 1230. The summed E-state index contributed by atoms with van der Waals surface area (Å²) in [6, 6.07) is 12.2. The summed E-state index contributed by atoms with van der Waals surface area (Å²) >= 11 is 0. The molecule has 0 N–H and O–H groups in total. The van der Waals surface area contributed by atoms with Gasteiger partial charge >= 0.3 is 0 Å². The number of rotatable bonds is 6. The Kier molecular flexibility index (Phi) is 6.47. The number of benzene rings is 1. The van der Waals surface area contributed by atoms with Crippen LogP contribution < -0.4 is 4.74 Å². The average molecular weight is 489 g/mol. The molecule has 4 heterocycles. The van der Waals surface area contributed by atoms with Crippen LogP contribution in [0.1, 0.15) is 60.5 Å². The number of amides is 2. The summed E-state index contributed by atoms with van der Waals surface area (Å²) in [6.45, 7) is 6.18. The lowest BCUT2D eigenvalue weighted by atomic mass is 9.70. The lowest BCUT2D eigenvalue weighted by Gasteiger charge is -2.42. The number of likely N-dealkylation sites (tertiary alicyclic amines) is 2. The first-order valence-corrected chi connectivity index (χ1v) is 12.4. The molecule has 1 aromatic carbocycles. The van der Waals surface area contributed by atoms with Crippen molar-refractivity contribution in [1.29, 1.82) is 0 Å². The normalized spacial score (nSPS) is 22.0. The highest BCUT2D eigenvalue weighted by molar-refractivity contribution is 5.93. The van der Waals surface area contributed by atoms with Crippen LogP contribution in [0.3, 0.4) is 0 Å². The van der Waals surface area contributed by atoms with Gasteiger partial charge in [-0.3, -0.25) is 14.3 Å². The van der Waals surface area contributed by atoms with Crippen LogP contribution in [0.15, 0.2) is 55.0 Å². The van der Waals surface area contributed by atoms with Gasteiger partial charge in [-0.25, -0.2) is 9.97 Å². The van der Waals surface area contributed by atoms with E-state index in [0.29, 0.717) is 31.9 Å². The van der Waals surface area contributed by atoms with Crippen LogP contribution in [0.2, 0.25) is 0 Å². The van der Waals surface area contributed by atoms with Crippen LogP contribution in [0, 0.1) is 5.41 Å². The van der Waals surface area contributed by atoms with Crippen molar-refractivity contribution in [2.45, 2.75) is 45.2 Å². The summed E-state index contributed by atoms with van der Waals surface area (Å²) < 4.78 is 7.11. The zero-order chi connectivity index (χ0) is 25.3. The molecule has 0 unspecified atom stereocenters. The maximum absolute atomic E-state index is 14.2. The smallest absolute Gasteiger partial charge is 0.291 e. The van der Waals surface area contributed by atoms with Crippen molar-refractivity contribution in [3.05, 3.63) is 72.1 Å². The van der Waals surface area contributed by atoms with E-state index < -0.39 is 5.41 Å². The van der Waals surface area contributed by atoms with Gasteiger partial charge in [0.25, 0.3) is 5.91 Å². The number of nitrogens with zero attached hydrogens (tertiary/aromatic N) is 6. The number of ether oxygens (including phenoxy) is 1. The quantitative estimate of drug-likeness (QED) is 0.529. The van der Waals surface area contributed by atoms with Crippen LogP contribution in [-0.4, -0.2) is 68.1 Å². The van der Waals surface area contributed by atoms with Crippen LogP contribution >= 0.6 is 0 Å². The Morgan fingerprint density at radius 1 is 1.17 bits per heavy atom. The third kappa shape index (κ3) is 4.23. The van der Waals surface area contributed by atoms with E-state index in [4.69, 9.17) is 4.74 Å². The van der Waals surface area contributed by atoms with Gasteiger partial charge in [-0.15, -0.1) is 0 Å². The molecule has 2 aromatic heterocycles. The van der Waals surface area contributed by atoms with Crippen molar-refractivity contribution < 1.29 is 14.3 Å². The first kappa shape index (κ1) is 24.0. The lowest BCUT2D eigenvalue weighted by Crippen LogP contribution is -2.52. The monoisotopic (exact) mass is 488 g/mol. The fourth-order valence-corrected chi connectivity index (χ4v) is 5.68. The molecule has 2 aliphatic heterocycles. The number of carbonyl (C=O) groups is 2. The fraction of sp³-hybridized carbons (Fsp3) is 0.444. The number of hydrogen-bond donors (Lipinski definition) is 0. The van der Waals surface area contributed by atoms with Gasteiger partial charge in [0.1, 0.15) is 0 Å². The number of piperidine rings is 1. The minimum absolute atomic E-state index is 0.102. The van der Waals surface area contributed by atoms with Crippen LogP contribution in [-0.2, 0) is 11.3 Å². The van der Waals surface area contributed by atoms with E-state index in [0.717, 1.165) is 24.1 Å². The molecule has 2 fully saturated rings. The van der Waals surface area contributed by atoms with E-state index in [2.05, 4.69) is 28.9 Å². The Balaban J connectivity index is 1.50. The summed E-state index contributed by atoms with van der Waals surface area (Å²) in [7, 11) is 1.53. The molecular formula is C27H32N6O3. The van der Waals surface area contributed by atoms with E-state index in [9.17, 15) is 9.59 Å². The molecule has 2 aliphatic rings. The van der Waals surface area contributed by atoms with Crippen molar-refractivity contribution >= 4 is 11.8 Å². The molecule has 9 heteroatoms. The summed E-state index contributed by atoms with van der Waals surface area (Å²) in [6.07, 6.45) is 6.37. The van der Waals surface area contributed by atoms with E-state index in [1.807, 2.05) is 46.0 Å². The van der Waals surface area contributed by atoms with E-state index in [-0.39, 0.29) is 29.6 Å². The number of aromatic nitrogens is 4. The minimum atomic E-state index is -0.720. The van der Waals surface area contributed by atoms with Gasteiger partial charge in [-0.2, -0.15) is 5.10 Å². The zero-order valence-corrected chi connectivity index (χ0v) is 21.0. The molecule has 3 aromatic rings. The SMILES string of the molecule is COc1cnc(C(=O)N2C[C@@H](c3ccnn3C(C)C)[C@]3(CCCN(Cc4ccccc4)C3=O)C2)nc1. The molecule has 2 amide bonds. The van der Waals surface area contributed by atoms with Crippen molar-refractivity contribution in [3.8, 4) is 5.75 Å². The van der Waals surface area contributed by atoms with E-state index in [1.54, 1.807) is 11.1 Å². The molecule has 1 spiro atoms. The van der Waals surface area contributed by atoms with Crippen molar-refractivity contribution in [2.75, 3.05) is 26.7 Å². The van der Waals surface area contributed by atoms with Gasteiger partial charge in [0.05, 0.1) is 24.9 Å². The summed E-state index contributed by atoms with van der Waals surface area (Å²) in [4.78, 5) is 39.9. The van der Waals surface area contributed by atoms with E-state index in [1.165, 1.54) is 19.5 Å². The molecule has 0 saturated carbocycles. The average Bonchev–Trinajstić information content (AvgIpc) is 3.53. The third-order valence-corrected chi connectivity index (χ3v) is 7.41. The van der Waals surface area contributed by atoms with Gasteiger partial charge in [-0.1, -0.05) is 30.3 Å². The first-order valence-electron chi connectivity index (χ1n) is 12.4. The fourth-order valence-electron chi connectivity index (χ4n) is 5.68. The lowest BCUT2D eigenvalue weighted by molar-refractivity contribution is -0.147. The van der Waals surface area contributed by atoms with Crippen LogP contribution in [0.25, 0.3) is 0 Å². The topological polar surface area (TPSA) is 93.5 Å². The van der Waals surface area contributed by atoms with Crippen LogP contribution in [0.5, 0.6) is 5.75 Å². The number of methoxy groups -OCH3 is 1. The van der Waals surface area contributed by atoms with Gasteiger partial charge in [-0.05, 0) is 38.3 Å². The second kappa shape index (κ2) is 9.72. The number of hydrogen-bond acceptors (Lipinski definition) is 6. The predicted molar refractivity (Wildman–Crippen MR) is 133 cm³/mol. The molecule has 188 valence electrons. The molecular weight excluding hydrogens is 456 g/mol. The van der Waals surface area contributed by atoms with Crippen molar-refractivity contribution in [2.24, 2.45) is 5.41 Å². The molecule has 5 rings (SSSR count). The molecule has 9 nitrogen and oxygen atoms in total. The van der Waals surface area contributed by atoms with Gasteiger partial charge < -0.3 is 14.5 Å². The maximum Gasteiger partial charge on any atom is 0.291 e. The molecule has 36 heavy (non-hydrogen) atoms. The Morgan fingerprint density at radius 3 is 2.61 bits per heavy atom. The highest BCUT2D eigenvalue weighted by Crippen LogP contribution is 2.50. The first-order chi connectivity index (χ1) is 17.4. The molecule has 2 saturated heterocycles.